The molecule has 0 spiro atoms. The number of hydrogen-bond donors (Lipinski definition) is 7. The number of hydrogen-bond acceptors (Lipinski definition) is 15. The van der Waals surface area contributed by atoms with E-state index in [1.807, 2.05) is 47.0 Å². The third-order valence-electron chi connectivity index (χ3n) is 15.7. The molecule has 2 aromatic rings. The van der Waals surface area contributed by atoms with Gasteiger partial charge in [0, 0.05) is 106 Å². The summed E-state index contributed by atoms with van der Waals surface area (Å²) in [6.07, 6.45) is -1.49. The number of carbonyl (C=O) groups is 5. The molecule has 0 radical (unpaired) electrons. The summed E-state index contributed by atoms with van der Waals surface area (Å²) < 4.78 is 94.6. The van der Waals surface area contributed by atoms with Crippen LogP contribution in [0.4, 0.5) is 36.8 Å². The number of ether oxygens (including phenoxy) is 5. The van der Waals surface area contributed by atoms with Crippen LogP contribution in [0.3, 0.4) is 0 Å². The number of unbranched alkanes of at least 4 members (excludes halogenated alkanes) is 1. The SMILES string of the molecule is CC(C)(C)C1CCC(c2cc(C(=O)N3CCC(Oc4cc(N5CCNCC5)ccc4C#N)CC3)ccc2O[C@@H]2CNC[C@H]2OCCOCCOCCNC(=O)CCCC[C@@H]2SC[C@@H]3NC(=O)N[C@@H]32)CC1.O=C(O)C(F)(F)F.O=C(O)C(F)(F)F. The van der Waals surface area contributed by atoms with Crippen LogP contribution in [0.25, 0.3) is 0 Å². The fourth-order valence-electron chi connectivity index (χ4n) is 11.0. The second kappa shape index (κ2) is 32.1. The number of carboxylic acid groups (broad SMARTS) is 2. The fourth-order valence-corrected chi connectivity index (χ4v) is 12.6. The van der Waals surface area contributed by atoms with Crippen molar-refractivity contribution in [3.05, 3.63) is 53.1 Å². The van der Waals surface area contributed by atoms with Gasteiger partial charge in [0.2, 0.25) is 5.91 Å². The monoisotopic (exact) mass is 1210 g/mol. The number of likely N-dealkylation sites (tertiary alicyclic amines) is 1. The number of rotatable bonds is 22. The predicted molar refractivity (Wildman–Crippen MR) is 299 cm³/mol. The van der Waals surface area contributed by atoms with E-state index < -0.39 is 24.3 Å². The second-order valence-corrected chi connectivity index (χ2v) is 23.9. The number of amides is 4. The van der Waals surface area contributed by atoms with Crippen molar-refractivity contribution in [2.45, 2.75) is 139 Å². The number of nitrogens with zero attached hydrogens (tertiary/aromatic N) is 3. The Balaban J connectivity index is 0.000000719. The molecule has 20 nitrogen and oxygen atoms in total. The first-order valence-electron chi connectivity index (χ1n) is 28.7. The highest BCUT2D eigenvalue weighted by Gasteiger charge is 2.43. The summed E-state index contributed by atoms with van der Waals surface area (Å²) in [5.41, 5.74) is 3.68. The number of piperazine rings is 1. The Morgan fingerprint density at radius 1 is 0.762 bits per heavy atom. The van der Waals surface area contributed by atoms with E-state index in [9.17, 15) is 46.0 Å². The van der Waals surface area contributed by atoms with Crippen molar-refractivity contribution < 1.29 is 84.2 Å². The molecule has 5 aliphatic heterocycles. The molecule has 5 atom stereocenters. The summed E-state index contributed by atoms with van der Waals surface area (Å²) in [5, 5.41) is 40.3. The molecule has 1 aliphatic carbocycles. The third kappa shape index (κ3) is 21.0. The summed E-state index contributed by atoms with van der Waals surface area (Å²) in [7, 11) is 0. The number of nitrogens with one attached hydrogen (secondary N) is 5. The topological polar surface area (TPSA) is 262 Å². The average Bonchev–Trinajstić information content (AvgIpc) is 3.09. The molecular formula is C57H80F6N8O12S. The van der Waals surface area contributed by atoms with Gasteiger partial charge in [0.15, 0.2) is 0 Å². The highest BCUT2D eigenvalue weighted by molar-refractivity contribution is 8.00. The average molecular weight is 1220 g/mol. The van der Waals surface area contributed by atoms with Crippen LogP contribution in [0, 0.1) is 22.7 Å². The maximum atomic E-state index is 14.2. The molecule has 5 saturated heterocycles. The summed E-state index contributed by atoms with van der Waals surface area (Å²) in [4.78, 5) is 60.2. The number of urea groups is 1. The Labute approximate surface area is 490 Å². The minimum absolute atomic E-state index is 0.0317. The standard InChI is InChI=1S/C53H78N8O8S.2C2HF3O2/c1-53(2,3)39-12-8-36(9-13-39)42-30-37(51(63)61-21-16-41(17-22-61)68-45-31-40(14-10-38(45)32-54)60-23-18-55-19-24-60)11-15-44(42)69-47-34-56-33-46(47)67-29-28-66-27-26-65-25-20-57-49(62)7-5-4-6-48-50-43(35-70-48)58-52(64)59-50;2*3-2(4,5)1(6)7/h10-11,14-15,30-31,36,39,41,43,46-48,50,55-56H,4-9,12-13,16-29,33-35H2,1-3H3,(H,57,62)(H2,58,59,64);2*(H,6,7)/t36?,39?,43-,46+,47+,48-,50-;;/m0../s1. The third-order valence-corrected chi connectivity index (χ3v) is 17.2. The lowest BCUT2D eigenvalue weighted by atomic mass is 9.68. The smallest absolute Gasteiger partial charge is 0.489 e. The molecule has 84 heavy (non-hydrogen) atoms. The summed E-state index contributed by atoms with van der Waals surface area (Å²) in [5.74, 6) is -2.08. The second-order valence-electron chi connectivity index (χ2n) is 22.6. The van der Waals surface area contributed by atoms with E-state index in [2.05, 4.69) is 64.4 Å². The Hall–Kier alpha value is -5.79. The molecule has 468 valence electrons. The highest BCUT2D eigenvalue weighted by atomic mass is 32.2. The molecule has 1 saturated carbocycles. The molecule has 6 fully saturated rings. The van der Waals surface area contributed by atoms with Gasteiger partial charge in [-0.1, -0.05) is 27.2 Å². The normalized spacial score (nSPS) is 23.6. The van der Waals surface area contributed by atoms with E-state index in [0.29, 0.717) is 119 Å². The van der Waals surface area contributed by atoms with Gasteiger partial charge in [0.25, 0.3) is 5.91 Å². The van der Waals surface area contributed by atoms with Crippen LogP contribution in [0.1, 0.15) is 112 Å². The van der Waals surface area contributed by atoms with Crippen molar-refractivity contribution in [3.8, 4) is 17.6 Å². The first-order chi connectivity index (χ1) is 39.9. The maximum absolute atomic E-state index is 14.2. The minimum atomic E-state index is -5.08. The summed E-state index contributed by atoms with van der Waals surface area (Å²) in [6.45, 7) is 15.9. The van der Waals surface area contributed by atoms with Crippen LogP contribution < -0.4 is 41.0 Å². The van der Waals surface area contributed by atoms with Crippen LogP contribution in [-0.4, -0.2) is 191 Å². The van der Waals surface area contributed by atoms with Crippen molar-refractivity contribution in [2.24, 2.45) is 11.3 Å². The lowest BCUT2D eigenvalue weighted by molar-refractivity contribution is -0.193. The van der Waals surface area contributed by atoms with Gasteiger partial charge in [-0.3, -0.25) is 9.59 Å². The molecular weight excluding hydrogens is 1130 g/mol. The Kier molecular flexibility index (Phi) is 25.7. The zero-order chi connectivity index (χ0) is 61.0. The molecule has 4 amide bonds. The van der Waals surface area contributed by atoms with Gasteiger partial charge in [0.05, 0.1) is 50.7 Å². The largest absolute Gasteiger partial charge is 0.490 e. The van der Waals surface area contributed by atoms with Gasteiger partial charge in [0.1, 0.15) is 35.9 Å². The first-order valence-corrected chi connectivity index (χ1v) is 29.8. The van der Waals surface area contributed by atoms with Crippen molar-refractivity contribution in [3.63, 3.8) is 0 Å². The molecule has 2 aromatic carbocycles. The zero-order valence-corrected chi connectivity index (χ0v) is 48.6. The molecule has 7 N–H and O–H groups in total. The Morgan fingerprint density at radius 3 is 2.05 bits per heavy atom. The Morgan fingerprint density at radius 2 is 1.40 bits per heavy atom. The number of thioether (sulfide) groups is 1. The van der Waals surface area contributed by atoms with E-state index in [4.69, 9.17) is 43.5 Å². The number of aliphatic carboxylic acids is 2. The first kappa shape index (κ1) is 67.3. The number of piperidine rings is 1. The number of benzene rings is 2. The van der Waals surface area contributed by atoms with Crippen molar-refractivity contribution in [1.29, 1.82) is 5.26 Å². The lowest BCUT2D eigenvalue weighted by Gasteiger charge is -2.38. The van der Waals surface area contributed by atoms with Crippen molar-refractivity contribution in [2.75, 3.05) is 103 Å². The number of anilines is 1. The number of alkyl halides is 6. The predicted octanol–water partition coefficient (Wildman–Crippen LogP) is 6.85. The summed E-state index contributed by atoms with van der Waals surface area (Å²) >= 11 is 1.90. The highest BCUT2D eigenvalue weighted by Crippen LogP contribution is 2.46. The van der Waals surface area contributed by atoms with Gasteiger partial charge < -0.3 is 70.3 Å². The van der Waals surface area contributed by atoms with E-state index in [1.54, 1.807) is 0 Å². The molecule has 0 bridgehead atoms. The van der Waals surface area contributed by atoms with Gasteiger partial charge in [-0.2, -0.15) is 43.4 Å². The van der Waals surface area contributed by atoms with Crippen LogP contribution in [0.15, 0.2) is 36.4 Å². The lowest BCUT2D eigenvalue weighted by Crippen LogP contribution is -2.43. The van der Waals surface area contributed by atoms with Gasteiger partial charge in [-0.25, -0.2) is 14.4 Å². The van der Waals surface area contributed by atoms with Gasteiger partial charge >= 0.3 is 30.3 Å². The quantitative estimate of drug-likeness (QED) is 0.0361. The molecule has 0 aromatic heterocycles. The maximum Gasteiger partial charge on any atom is 0.490 e. The minimum Gasteiger partial charge on any atom is -0.489 e. The van der Waals surface area contributed by atoms with Crippen LogP contribution in [0.2, 0.25) is 0 Å². The number of nitriles is 1. The summed E-state index contributed by atoms with van der Waals surface area (Å²) in [6, 6.07) is 14.6. The van der Waals surface area contributed by atoms with Crippen LogP contribution in [-0.2, 0) is 28.6 Å². The van der Waals surface area contributed by atoms with Crippen molar-refractivity contribution in [1.82, 2.24) is 31.5 Å². The van der Waals surface area contributed by atoms with E-state index >= 15 is 0 Å². The van der Waals surface area contributed by atoms with E-state index in [-0.39, 0.29) is 53.7 Å². The fraction of sp³-hybridized carbons (Fsp3) is 0.684. The number of carbonyl (C=O) groups excluding carboxylic acids is 3. The molecule has 0 unspecified atom stereocenters. The van der Waals surface area contributed by atoms with E-state index in [0.717, 1.165) is 93.9 Å². The number of fused-ring (bicyclic) bond motifs is 1. The number of carboxylic acids is 2. The van der Waals surface area contributed by atoms with Crippen LogP contribution in [0.5, 0.6) is 11.5 Å². The molecule has 8 rings (SSSR count). The van der Waals surface area contributed by atoms with Crippen molar-refractivity contribution >= 4 is 47.2 Å². The number of halogens is 6. The molecule has 5 heterocycles. The molecule has 6 aliphatic rings. The van der Waals surface area contributed by atoms with Gasteiger partial charge in [-0.15, -0.1) is 0 Å². The molecule has 27 heteroatoms. The Bertz CT molecular complexity index is 2490. The van der Waals surface area contributed by atoms with Gasteiger partial charge in [-0.05, 0) is 91.7 Å². The van der Waals surface area contributed by atoms with Crippen LogP contribution >= 0.6 is 11.8 Å². The zero-order valence-electron chi connectivity index (χ0n) is 47.8. The van der Waals surface area contributed by atoms with E-state index in [1.165, 1.54) is 0 Å².